The first-order chi connectivity index (χ1) is 16.5. The summed E-state index contributed by atoms with van der Waals surface area (Å²) in [5.41, 5.74) is 2.08. The highest BCUT2D eigenvalue weighted by molar-refractivity contribution is 7.89. The number of sulfonamides is 1. The summed E-state index contributed by atoms with van der Waals surface area (Å²) in [5, 5.41) is 6.81. The van der Waals surface area contributed by atoms with Gasteiger partial charge in [0.1, 0.15) is 5.82 Å². The molecule has 0 radical (unpaired) electrons. The Hall–Kier alpha value is -3.11. The van der Waals surface area contributed by atoms with Crippen LogP contribution >= 0.6 is 0 Å². The van der Waals surface area contributed by atoms with Crippen LogP contribution in [0, 0.1) is 11.7 Å². The van der Waals surface area contributed by atoms with E-state index in [-0.39, 0.29) is 41.8 Å². The number of carbonyl (C=O) groups is 1. The standard InChI is InChI=1S/C25H29FN4O4S/c1-25(2,3)19-6-4-17(5-7-19)23-28-22(34-29-23)16-27-24(31)18-12-14-30(15-13-18)35(32,33)21-10-8-20(26)9-11-21/h4-11,18H,12-16H2,1-3H3,(H,27,31). The molecule has 1 saturated heterocycles. The predicted octanol–water partition coefficient (Wildman–Crippen LogP) is 3.89. The van der Waals surface area contributed by atoms with Crippen molar-refractivity contribution in [2.75, 3.05) is 13.1 Å². The SMILES string of the molecule is CC(C)(C)c1ccc(-c2noc(CNC(=O)C3CCN(S(=O)(=O)c4ccc(F)cc4)CC3)n2)cc1. The van der Waals surface area contributed by atoms with E-state index in [2.05, 4.69) is 36.2 Å². The summed E-state index contributed by atoms with van der Waals surface area (Å²) in [6.45, 7) is 6.96. The van der Waals surface area contributed by atoms with Crippen molar-refractivity contribution in [1.82, 2.24) is 19.8 Å². The van der Waals surface area contributed by atoms with Crippen LogP contribution in [0.4, 0.5) is 4.39 Å². The van der Waals surface area contributed by atoms with Crippen LogP contribution in [-0.2, 0) is 26.8 Å². The fraction of sp³-hybridized carbons (Fsp3) is 0.400. The molecule has 186 valence electrons. The average molecular weight is 501 g/mol. The van der Waals surface area contributed by atoms with Gasteiger partial charge < -0.3 is 9.84 Å². The maximum absolute atomic E-state index is 13.1. The van der Waals surface area contributed by atoms with Gasteiger partial charge in [-0.15, -0.1) is 0 Å². The lowest BCUT2D eigenvalue weighted by Gasteiger charge is -2.30. The first kappa shape index (κ1) is 25.0. The highest BCUT2D eigenvalue weighted by atomic mass is 32.2. The summed E-state index contributed by atoms with van der Waals surface area (Å²) in [5.74, 6) is -0.246. The van der Waals surface area contributed by atoms with Crippen molar-refractivity contribution < 1.29 is 22.1 Å². The predicted molar refractivity (Wildman–Crippen MR) is 128 cm³/mol. The van der Waals surface area contributed by atoms with Gasteiger partial charge in [-0.2, -0.15) is 9.29 Å². The fourth-order valence-corrected chi connectivity index (χ4v) is 5.45. The van der Waals surface area contributed by atoms with Gasteiger partial charge in [-0.1, -0.05) is 50.2 Å². The monoisotopic (exact) mass is 500 g/mol. The fourth-order valence-electron chi connectivity index (χ4n) is 3.98. The molecule has 3 aromatic rings. The summed E-state index contributed by atoms with van der Waals surface area (Å²) in [6.07, 6.45) is 0.781. The first-order valence-corrected chi connectivity index (χ1v) is 12.9. The number of hydrogen-bond acceptors (Lipinski definition) is 6. The Bertz CT molecular complexity index is 1270. The first-order valence-electron chi connectivity index (χ1n) is 11.5. The minimum atomic E-state index is -3.72. The molecule has 0 saturated carbocycles. The summed E-state index contributed by atoms with van der Waals surface area (Å²) in [6, 6.07) is 12.7. The van der Waals surface area contributed by atoms with E-state index in [1.165, 1.54) is 22.0 Å². The van der Waals surface area contributed by atoms with Gasteiger partial charge in [-0.05, 0) is 48.1 Å². The summed E-state index contributed by atoms with van der Waals surface area (Å²) in [4.78, 5) is 17.0. The lowest BCUT2D eigenvalue weighted by Crippen LogP contribution is -2.42. The second kappa shape index (κ2) is 9.87. The third-order valence-electron chi connectivity index (χ3n) is 6.17. The molecular weight excluding hydrogens is 471 g/mol. The van der Waals surface area contributed by atoms with Gasteiger partial charge >= 0.3 is 0 Å². The van der Waals surface area contributed by atoms with E-state index in [0.717, 1.165) is 17.7 Å². The van der Waals surface area contributed by atoms with Crippen molar-refractivity contribution in [3.8, 4) is 11.4 Å². The largest absolute Gasteiger partial charge is 0.347 e. The molecule has 0 spiro atoms. The quantitative estimate of drug-likeness (QED) is 0.551. The number of rotatable bonds is 6. The Kier molecular flexibility index (Phi) is 7.05. The Morgan fingerprint density at radius 2 is 1.71 bits per heavy atom. The molecule has 0 unspecified atom stereocenters. The van der Waals surface area contributed by atoms with Crippen molar-refractivity contribution in [1.29, 1.82) is 0 Å². The topological polar surface area (TPSA) is 105 Å². The lowest BCUT2D eigenvalue weighted by atomic mass is 9.87. The van der Waals surface area contributed by atoms with E-state index in [9.17, 15) is 17.6 Å². The van der Waals surface area contributed by atoms with Gasteiger partial charge in [0.2, 0.25) is 27.6 Å². The number of hydrogen-bond donors (Lipinski definition) is 1. The van der Waals surface area contributed by atoms with Gasteiger partial charge in [0.25, 0.3) is 0 Å². The van der Waals surface area contributed by atoms with Crippen LogP contribution in [-0.4, -0.2) is 41.9 Å². The van der Waals surface area contributed by atoms with Crippen molar-refractivity contribution in [2.24, 2.45) is 5.92 Å². The number of aromatic nitrogens is 2. The molecule has 0 atom stereocenters. The molecule has 2 aromatic carbocycles. The number of carbonyl (C=O) groups excluding carboxylic acids is 1. The maximum Gasteiger partial charge on any atom is 0.246 e. The summed E-state index contributed by atoms with van der Waals surface area (Å²) in [7, 11) is -3.72. The van der Waals surface area contributed by atoms with Gasteiger partial charge in [-0.3, -0.25) is 4.79 Å². The molecule has 1 amide bonds. The second-order valence-corrected chi connectivity index (χ2v) is 11.6. The number of amides is 1. The number of nitrogens with one attached hydrogen (secondary N) is 1. The number of benzene rings is 2. The molecule has 4 rings (SSSR count). The molecule has 1 aromatic heterocycles. The minimum Gasteiger partial charge on any atom is -0.347 e. The van der Waals surface area contributed by atoms with Crippen LogP contribution in [0.5, 0.6) is 0 Å². The normalized spacial score (nSPS) is 15.8. The van der Waals surface area contributed by atoms with E-state index in [0.29, 0.717) is 24.6 Å². The van der Waals surface area contributed by atoms with Gasteiger partial charge in [0, 0.05) is 24.6 Å². The van der Waals surface area contributed by atoms with Crippen LogP contribution in [0.3, 0.4) is 0 Å². The van der Waals surface area contributed by atoms with E-state index < -0.39 is 15.8 Å². The Balaban J connectivity index is 1.29. The van der Waals surface area contributed by atoms with Gasteiger partial charge in [0.15, 0.2) is 0 Å². The van der Waals surface area contributed by atoms with E-state index >= 15 is 0 Å². The van der Waals surface area contributed by atoms with Crippen LogP contribution < -0.4 is 5.32 Å². The molecule has 0 aliphatic carbocycles. The van der Waals surface area contributed by atoms with Gasteiger partial charge in [0.05, 0.1) is 11.4 Å². The van der Waals surface area contributed by atoms with E-state index in [1.54, 1.807) is 0 Å². The Labute approximate surface area is 204 Å². The third kappa shape index (κ3) is 5.76. The minimum absolute atomic E-state index is 0.0436. The molecule has 1 fully saturated rings. The molecule has 0 bridgehead atoms. The molecule has 8 nitrogen and oxygen atoms in total. The van der Waals surface area contributed by atoms with Crippen molar-refractivity contribution in [3.05, 3.63) is 65.8 Å². The lowest BCUT2D eigenvalue weighted by molar-refractivity contribution is -0.126. The van der Waals surface area contributed by atoms with Crippen LogP contribution in [0.25, 0.3) is 11.4 Å². The highest BCUT2D eigenvalue weighted by Crippen LogP contribution is 2.26. The van der Waals surface area contributed by atoms with Gasteiger partial charge in [-0.25, -0.2) is 12.8 Å². The summed E-state index contributed by atoms with van der Waals surface area (Å²) < 4.78 is 45.2. The number of piperidine rings is 1. The zero-order valence-electron chi connectivity index (χ0n) is 20.0. The molecule has 1 aliphatic heterocycles. The molecular formula is C25H29FN4O4S. The van der Waals surface area contributed by atoms with Crippen LogP contribution in [0.2, 0.25) is 0 Å². The van der Waals surface area contributed by atoms with Crippen molar-refractivity contribution in [2.45, 2.75) is 50.5 Å². The smallest absolute Gasteiger partial charge is 0.246 e. The van der Waals surface area contributed by atoms with E-state index in [4.69, 9.17) is 4.52 Å². The Morgan fingerprint density at radius 3 is 2.31 bits per heavy atom. The maximum atomic E-state index is 13.1. The molecule has 10 heteroatoms. The van der Waals surface area contributed by atoms with Crippen LogP contribution in [0.1, 0.15) is 45.1 Å². The second-order valence-electron chi connectivity index (χ2n) is 9.69. The van der Waals surface area contributed by atoms with E-state index in [1.807, 2.05) is 24.3 Å². The molecule has 35 heavy (non-hydrogen) atoms. The third-order valence-corrected chi connectivity index (χ3v) is 8.08. The summed E-state index contributed by atoms with van der Waals surface area (Å²) >= 11 is 0. The molecule has 2 heterocycles. The molecule has 1 N–H and O–H groups in total. The highest BCUT2D eigenvalue weighted by Gasteiger charge is 2.32. The number of halogens is 1. The van der Waals surface area contributed by atoms with Crippen molar-refractivity contribution in [3.63, 3.8) is 0 Å². The zero-order valence-corrected chi connectivity index (χ0v) is 20.8. The Morgan fingerprint density at radius 1 is 1.09 bits per heavy atom. The average Bonchev–Trinajstić information content (AvgIpc) is 3.31. The van der Waals surface area contributed by atoms with Crippen molar-refractivity contribution >= 4 is 15.9 Å². The zero-order chi connectivity index (χ0) is 25.2. The van der Waals surface area contributed by atoms with Crippen LogP contribution in [0.15, 0.2) is 57.9 Å². The number of nitrogens with zero attached hydrogens (tertiary/aromatic N) is 3. The molecule has 1 aliphatic rings.